The number of nitrogens with zero attached hydrogens (tertiary/aromatic N) is 1. The van der Waals surface area contributed by atoms with Crippen molar-refractivity contribution in [3.05, 3.63) is 65.7 Å². The van der Waals surface area contributed by atoms with E-state index in [-0.39, 0.29) is 12.0 Å². The number of carbonyl (C=O) groups excluding carboxylic acids is 1. The summed E-state index contributed by atoms with van der Waals surface area (Å²) in [5.74, 6) is 0.386. The van der Waals surface area contributed by atoms with E-state index in [0.717, 1.165) is 28.4 Å². The van der Waals surface area contributed by atoms with Gasteiger partial charge in [-0.2, -0.15) is 0 Å². The van der Waals surface area contributed by atoms with Gasteiger partial charge in [0.2, 0.25) is 5.91 Å². The van der Waals surface area contributed by atoms with Gasteiger partial charge in [-0.25, -0.2) is 5.06 Å². The van der Waals surface area contributed by atoms with Crippen LogP contribution in [0.15, 0.2) is 54.6 Å². The van der Waals surface area contributed by atoms with Crippen LogP contribution in [-0.4, -0.2) is 16.2 Å². The lowest BCUT2D eigenvalue weighted by Crippen LogP contribution is -2.27. The normalized spacial score (nSPS) is 13.2. The van der Waals surface area contributed by atoms with Crippen molar-refractivity contribution in [3.63, 3.8) is 0 Å². The van der Waals surface area contributed by atoms with Crippen molar-refractivity contribution in [1.29, 1.82) is 0 Å². The molecule has 1 N–H and O–H groups in total. The Balaban J connectivity index is 2.09. The summed E-state index contributed by atoms with van der Waals surface area (Å²) >= 11 is 0. The second kappa shape index (κ2) is 7.79. The topological polar surface area (TPSA) is 49.8 Å². The van der Waals surface area contributed by atoms with Gasteiger partial charge in [-0.15, -0.1) is 0 Å². The zero-order chi connectivity index (χ0) is 16.8. The molecule has 2 aromatic rings. The van der Waals surface area contributed by atoms with Gasteiger partial charge in [0.05, 0.1) is 6.04 Å². The smallest absolute Gasteiger partial charge is 0.243 e. The van der Waals surface area contributed by atoms with E-state index in [4.69, 9.17) is 4.74 Å². The standard InChI is InChI=1S/C19H23NO3/c1-4-19(17-8-6-5-7-9-17)23-18-12-10-16(11-13-18)14(2)20(22)15(3)21/h5-14,19,22H,4H2,1-3H3. The summed E-state index contributed by atoms with van der Waals surface area (Å²) in [7, 11) is 0. The van der Waals surface area contributed by atoms with E-state index < -0.39 is 6.04 Å². The number of rotatable bonds is 6. The molecule has 0 bridgehead atoms. The van der Waals surface area contributed by atoms with Gasteiger partial charge in [0.15, 0.2) is 0 Å². The first-order valence-corrected chi connectivity index (χ1v) is 7.83. The minimum Gasteiger partial charge on any atom is -0.486 e. The Morgan fingerprint density at radius 3 is 2.22 bits per heavy atom. The average molecular weight is 313 g/mol. The lowest BCUT2D eigenvalue weighted by Gasteiger charge is -2.22. The molecule has 0 saturated heterocycles. The molecule has 0 aliphatic heterocycles. The van der Waals surface area contributed by atoms with Crippen molar-refractivity contribution in [2.75, 3.05) is 0 Å². The van der Waals surface area contributed by atoms with Gasteiger partial charge in [0, 0.05) is 6.92 Å². The van der Waals surface area contributed by atoms with Crippen molar-refractivity contribution in [3.8, 4) is 5.75 Å². The van der Waals surface area contributed by atoms with E-state index in [1.807, 2.05) is 42.5 Å². The second-order valence-corrected chi connectivity index (χ2v) is 5.53. The molecule has 2 rings (SSSR count). The number of benzene rings is 2. The van der Waals surface area contributed by atoms with E-state index in [2.05, 4.69) is 19.1 Å². The maximum atomic E-state index is 11.2. The molecule has 0 heterocycles. The molecule has 0 fully saturated rings. The largest absolute Gasteiger partial charge is 0.486 e. The molecular formula is C19H23NO3. The van der Waals surface area contributed by atoms with Crippen LogP contribution >= 0.6 is 0 Å². The molecule has 0 aliphatic rings. The summed E-state index contributed by atoms with van der Waals surface area (Å²) in [4.78, 5) is 11.2. The van der Waals surface area contributed by atoms with E-state index in [1.165, 1.54) is 6.92 Å². The first-order chi connectivity index (χ1) is 11.0. The van der Waals surface area contributed by atoms with E-state index in [0.29, 0.717) is 0 Å². The number of hydrogen-bond donors (Lipinski definition) is 1. The summed E-state index contributed by atoms with van der Waals surface area (Å²) in [6.07, 6.45) is 0.878. The maximum absolute atomic E-state index is 11.2. The van der Waals surface area contributed by atoms with Crippen molar-refractivity contribution in [2.24, 2.45) is 0 Å². The molecule has 0 aliphatic carbocycles. The highest BCUT2D eigenvalue weighted by molar-refractivity contribution is 5.72. The molecule has 2 aromatic carbocycles. The minimum atomic E-state index is -0.391. The SMILES string of the molecule is CCC(Oc1ccc(C(C)N(O)C(C)=O)cc1)c1ccccc1. The predicted molar refractivity (Wildman–Crippen MR) is 89.3 cm³/mol. The van der Waals surface area contributed by atoms with Crippen LogP contribution in [-0.2, 0) is 4.79 Å². The van der Waals surface area contributed by atoms with Gasteiger partial charge >= 0.3 is 0 Å². The highest BCUT2D eigenvalue weighted by Crippen LogP contribution is 2.27. The van der Waals surface area contributed by atoms with Crippen molar-refractivity contribution in [1.82, 2.24) is 5.06 Å². The van der Waals surface area contributed by atoms with Gasteiger partial charge in [0.25, 0.3) is 0 Å². The van der Waals surface area contributed by atoms with Crippen LogP contribution in [0.1, 0.15) is 50.5 Å². The van der Waals surface area contributed by atoms with Crippen LogP contribution in [0.4, 0.5) is 0 Å². The van der Waals surface area contributed by atoms with Crippen molar-refractivity contribution in [2.45, 2.75) is 39.3 Å². The number of hydrogen-bond acceptors (Lipinski definition) is 3. The second-order valence-electron chi connectivity index (χ2n) is 5.53. The van der Waals surface area contributed by atoms with Crippen LogP contribution in [0, 0.1) is 0 Å². The Morgan fingerprint density at radius 2 is 1.70 bits per heavy atom. The molecule has 0 spiro atoms. The Labute approximate surface area is 137 Å². The van der Waals surface area contributed by atoms with Gasteiger partial charge in [-0.05, 0) is 36.6 Å². The Hall–Kier alpha value is -2.33. The van der Waals surface area contributed by atoms with E-state index in [9.17, 15) is 10.0 Å². The molecular weight excluding hydrogens is 290 g/mol. The fraction of sp³-hybridized carbons (Fsp3) is 0.316. The third-order valence-corrected chi connectivity index (χ3v) is 3.87. The molecule has 23 heavy (non-hydrogen) atoms. The zero-order valence-corrected chi connectivity index (χ0v) is 13.8. The van der Waals surface area contributed by atoms with Gasteiger partial charge in [-0.3, -0.25) is 10.0 Å². The van der Waals surface area contributed by atoms with E-state index >= 15 is 0 Å². The molecule has 2 unspecified atom stereocenters. The molecule has 0 radical (unpaired) electrons. The summed E-state index contributed by atoms with van der Waals surface area (Å²) in [6.45, 7) is 5.19. The summed E-state index contributed by atoms with van der Waals surface area (Å²) in [5, 5.41) is 10.4. The summed E-state index contributed by atoms with van der Waals surface area (Å²) < 4.78 is 6.05. The molecule has 1 amide bonds. The number of ether oxygens (including phenoxy) is 1. The number of hydroxylamine groups is 2. The molecule has 122 valence electrons. The van der Waals surface area contributed by atoms with Crippen LogP contribution in [0.2, 0.25) is 0 Å². The lowest BCUT2D eigenvalue weighted by molar-refractivity contribution is -0.172. The van der Waals surface area contributed by atoms with Crippen LogP contribution < -0.4 is 4.74 Å². The third kappa shape index (κ3) is 4.33. The fourth-order valence-electron chi connectivity index (χ4n) is 2.46. The van der Waals surface area contributed by atoms with Gasteiger partial charge in [-0.1, -0.05) is 49.4 Å². The zero-order valence-electron chi connectivity index (χ0n) is 13.8. The maximum Gasteiger partial charge on any atom is 0.243 e. The monoisotopic (exact) mass is 313 g/mol. The highest BCUT2D eigenvalue weighted by Gasteiger charge is 2.16. The Morgan fingerprint density at radius 1 is 1.09 bits per heavy atom. The van der Waals surface area contributed by atoms with E-state index in [1.54, 1.807) is 6.92 Å². The Kier molecular flexibility index (Phi) is 5.77. The third-order valence-electron chi connectivity index (χ3n) is 3.87. The Bertz CT molecular complexity index is 625. The van der Waals surface area contributed by atoms with Crippen LogP contribution in [0.25, 0.3) is 0 Å². The summed E-state index contributed by atoms with van der Waals surface area (Å²) in [6, 6.07) is 17.2. The molecule has 0 aromatic heterocycles. The van der Waals surface area contributed by atoms with Gasteiger partial charge < -0.3 is 4.74 Å². The van der Waals surface area contributed by atoms with Gasteiger partial charge in [0.1, 0.15) is 11.9 Å². The molecule has 4 nitrogen and oxygen atoms in total. The lowest BCUT2D eigenvalue weighted by atomic mass is 10.1. The number of carbonyl (C=O) groups is 1. The fourth-order valence-corrected chi connectivity index (χ4v) is 2.46. The molecule has 0 saturated carbocycles. The van der Waals surface area contributed by atoms with Crippen LogP contribution in [0.5, 0.6) is 5.75 Å². The molecule has 4 heteroatoms. The summed E-state index contributed by atoms with van der Waals surface area (Å²) in [5.41, 5.74) is 1.99. The van der Waals surface area contributed by atoms with Crippen molar-refractivity contribution >= 4 is 5.91 Å². The highest BCUT2D eigenvalue weighted by atomic mass is 16.5. The first-order valence-electron chi connectivity index (χ1n) is 7.83. The minimum absolute atomic E-state index is 0.00559. The van der Waals surface area contributed by atoms with Crippen molar-refractivity contribution < 1.29 is 14.7 Å². The number of amides is 1. The van der Waals surface area contributed by atoms with Crippen LogP contribution in [0.3, 0.4) is 0 Å². The first kappa shape index (κ1) is 17.0. The average Bonchev–Trinajstić information content (AvgIpc) is 2.59. The molecule has 2 atom stereocenters. The predicted octanol–water partition coefficient (Wildman–Crippen LogP) is 4.52. The quantitative estimate of drug-likeness (QED) is 0.630.